The number of aromatic amines is 1. The molecule has 0 saturated heterocycles. The van der Waals surface area contributed by atoms with Crippen molar-refractivity contribution in [1.29, 1.82) is 0 Å². The van der Waals surface area contributed by atoms with Gasteiger partial charge in [-0.2, -0.15) is 5.10 Å². The van der Waals surface area contributed by atoms with Crippen molar-refractivity contribution in [3.05, 3.63) is 70.5 Å². The van der Waals surface area contributed by atoms with E-state index in [2.05, 4.69) is 32.4 Å². The maximum atomic E-state index is 12.7. The molecule has 0 saturated carbocycles. The van der Waals surface area contributed by atoms with Gasteiger partial charge in [0.2, 0.25) is 0 Å². The molecule has 0 spiro atoms. The fourth-order valence-corrected chi connectivity index (χ4v) is 4.17. The molecule has 162 valence electrons. The van der Waals surface area contributed by atoms with E-state index in [0.717, 1.165) is 47.5 Å². The molecule has 1 aliphatic rings. The Bertz CT molecular complexity index is 1080. The van der Waals surface area contributed by atoms with Crippen molar-refractivity contribution in [2.75, 3.05) is 0 Å². The molecule has 4 rings (SSSR count). The van der Waals surface area contributed by atoms with Gasteiger partial charge in [-0.1, -0.05) is 18.2 Å². The number of hydrogen-bond acceptors (Lipinski definition) is 3. The molecule has 3 aromatic rings. The number of nitrogens with one attached hydrogen (secondary N) is 2. The number of H-pyrrole nitrogens is 1. The van der Waals surface area contributed by atoms with Crippen LogP contribution in [-0.2, 0) is 12.8 Å². The van der Waals surface area contributed by atoms with E-state index in [0.29, 0.717) is 6.42 Å². The zero-order valence-electron chi connectivity index (χ0n) is 17.1. The molecule has 1 atom stereocenters. The predicted octanol–water partition coefficient (Wildman–Crippen LogP) is 4.88. The first kappa shape index (κ1) is 21.0. The SMILES string of the molecule is Cc1n[nH]c(C)c1-c1cccc2c1CC(NC(=O)c1ccc(OC(F)(F)F)cc1)CC2. The summed E-state index contributed by atoms with van der Waals surface area (Å²) in [6, 6.07) is 11.1. The van der Waals surface area contributed by atoms with Gasteiger partial charge in [-0.15, -0.1) is 13.2 Å². The molecule has 1 aromatic heterocycles. The maximum Gasteiger partial charge on any atom is 0.573 e. The van der Waals surface area contributed by atoms with Gasteiger partial charge in [-0.3, -0.25) is 9.89 Å². The topological polar surface area (TPSA) is 67.0 Å². The average molecular weight is 429 g/mol. The second-order valence-corrected chi connectivity index (χ2v) is 7.74. The molecule has 0 aliphatic heterocycles. The third-order valence-electron chi connectivity index (χ3n) is 5.57. The van der Waals surface area contributed by atoms with Gasteiger partial charge in [0.25, 0.3) is 5.91 Å². The Hall–Kier alpha value is -3.29. The van der Waals surface area contributed by atoms with Crippen LogP contribution in [0.5, 0.6) is 5.75 Å². The van der Waals surface area contributed by atoms with Crippen LogP contribution in [0.25, 0.3) is 11.1 Å². The normalized spacial score (nSPS) is 16.0. The van der Waals surface area contributed by atoms with E-state index in [1.807, 2.05) is 19.9 Å². The number of rotatable bonds is 4. The predicted molar refractivity (Wildman–Crippen MR) is 110 cm³/mol. The molecular weight excluding hydrogens is 407 g/mol. The molecular formula is C23H22F3N3O2. The van der Waals surface area contributed by atoms with Crippen LogP contribution >= 0.6 is 0 Å². The Kier molecular flexibility index (Phi) is 5.47. The van der Waals surface area contributed by atoms with Gasteiger partial charge in [-0.25, -0.2) is 0 Å². The van der Waals surface area contributed by atoms with E-state index in [-0.39, 0.29) is 23.3 Å². The van der Waals surface area contributed by atoms with Gasteiger partial charge >= 0.3 is 6.36 Å². The molecule has 2 aromatic carbocycles. The van der Waals surface area contributed by atoms with Crippen LogP contribution in [0.15, 0.2) is 42.5 Å². The number of aryl methyl sites for hydroxylation is 3. The van der Waals surface area contributed by atoms with Crippen molar-refractivity contribution in [1.82, 2.24) is 15.5 Å². The molecule has 0 bridgehead atoms. The summed E-state index contributed by atoms with van der Waals surface area (Å²) >= 11 is 0. The third kappa shape index (κ3) is 4.57. The number of nitrogens with zero attached hydrogens (tertiary/aromatic N) is 1. The average Bonchev–Trinajstić information content (AvgIpc) is 3.05. The fraction of sp³-hybridized carbons (Fsp3) is 0.304. The fourth-order valence-electron chi connectivity index (χ4n) is 4.17. The van der Waals surface area contributed by atoms with Crippen molar-refractivity contribution in [2.24, 2.45) is 0 Å². The number of benzene rings is 2. The number of aromatic nitrogens is 2. The molecule has 31 heavy (non-hydrogen) atoms. The van der Waals surface area contributed by atoms with Gasteiger partial charge in [0.05, 0.1) is 5.69 Å². The van der Waals surface area contributed by atoms with Gasteiger partial charge in [0.1, 0.15) is 5.75 Å². The van der Waals surface area contributed by atoms with Crippen LogP contribution in [-0.4, -0.2) is 28.5 Å². The van der Waals surface area contributed by atoms with E-state index in [4.69, 9.17) is 0 Å². The first-order chi connectivity index (χ1) is 14.7. The van der Waals surface area contributed by atoms with Gasteiger partial charge in [-0.05, 0) is 74.1 Å². The number of hydrogen-bond donors (Lipinski definition) is 2. The Morgan fingerprint density at radius 2 is 1.90 bits per heavy atom. The van der Waals surface area contributed by atoms with Crippen LogP contribution in [0.1, 0.15) is 39.3 Å². The van der Waals surface area contributed by atoms with Crippen LogP contribution in [0, 0.1) is 13.8 Å². The minimum absolute atomic E-state index is 0.0697. The second-order valence-electron chi connectivity index (χ2n) is 7.74. The highest BCUT2D eigenvalue weighted by Gasteiger charge is 2.31. The largest absolute Gasteiger partial charge is 0.573 e. The van der Waals surface area contributed by atoms with Crippen molar-refractivity contribution >= 4 is 5.91 Å². The monoisotopic (exact) mass is 429 g/mol. The third-order valence-corrected chi connectivity index (χ3v) is 5.57. The molecule has 5 nitrogen and oxygen atoms in total. The first-order valence-corrected chi connectivity index (χ1v) is 10.0. The Morgan fingerprint density at radius 3 is 2.55 bits per heavy atom. The van der Waals surface area contributed by atoms with Crippen molar-refractivity contribution < 1.29 is 22.7 Å². The van der Waals surface area contributed by atoms with E-state index in [1.165, 1.54) is 23.3 Å². The van der Waals surface area contributed by atoms with Crippen LogP contribution in [0.3, 0.4) is 0 Å². The lowest BCUT2D eigenvalue weighted by molar-refractivity contribution is -0.274. The van der Waals surface area contributed by atoms with Crippen molar-refractivity contribution in [3.63, 3.8) is 0 Å². The van der Waals surface area contributed by atoms with Gasteiger partial charge in [0, 0.05) is 22.9 Å². The number of ether oxygens (including phenoxy) is 1. The summed E-state index contributed by atoms with van der Waals surface area (Å²) in [5.74, 6) is -0.675. The molecule has 2 N–H and O–H groups in total. The summed E-state index contributed by atoms with van der Waals surface area (Å²) in [5, 5.41) is 10.3. The highest BCUT2D eigenvalue weighted by molar-refractivity contribution is 5.94. The summed E-state index contributed by atoms with van der Waals surface area (Å²) in [6.07, 6.45) is -2.46. The molecule has 1 aliphatic carbocycles. The second kappa shape index (κ2) is 8.09. The molecule has 8 heteroatoms. The van der Waals surface area contributed by atoms with E-state index >= 15 is 0 Å². The highest BCUT2D eigenvalue weighted by Crippen LogP contribution is 2.34. The number of halogens is 3. The molecule has 1 heterocycles. The van der Waals surface area contributed by atoms with Crippen LogP contribution in [0.2, 0.25) is 0 Å². The summed E-state index contributed by atoms with van der Waals surface area (Å²) in [6.45, 7) is 3.95. The zero-order chi connectivity index (χ0) is 22.2. The van der Waals surface area contributed by atoms with E-state index in [1.54, 1.807) is 0 Å². The number of carbonyl (C=O) groups excluding carboxylic acids is 1. The van der Waals surface area contributed by atoms with E-state index in [9.17, 15) is 18.0 Å². The highest BCUT2D eigenvalue weighted by atomic mass is 19.4. The summed E-state index contributed by atoms with van der Waals surface area (Å²) in [5.41, 5.74) is 6.88. The van der Waals surface area contributed by atoms with Crippen molar-refractivity contribution in [2.45, 2.75) is 45.5 Å². The first-order valence-electron chi connectivity index (χ1n) is 10.0. The molecule has 0 fully saturated rings. The smallest absolute Gasteiger partial charge is 0.406 e. The van der Waals surface area contributed by atoms with Crippen LogP contribution in [0.4, 0.5) is 13.2 Å². The van der Waals surface area contributed by atoms with Gasteiger partial charge < -0.3 is 10.1 Å². The lowest BCUT2D eigenvalue weighted by Gasteiger charge is -2.27. The number of carbonyl (C=O) groups is 1. The minimum Gasteiger partial charge on any atom is -0.406 e. The zero-order valence-corrected chi connectivity index (χ0v) is 17.1. The van der Waals surface area contributed by atoms with Crippen LogP contribution < -0.4 is 10.1 Å². The molecule has 0 radical (unpaired) electrons. The Morgan fingerprint density at radius 1 is 1.16 bits per heavy atom. The van der Waals surface area contributed by atoms with Crippen molar-refractivity contribution in [3.8, 4) is 16.9 Å². The maximum absolute atomic E-state index is 12.7. The number of alkyl halides is 3. The number of amides is 1. The lowest BCUT2D eigenvalue weighted by atomic mass is 9.83. The Balaban J connectivity index is 1.50. The lowest BCUT2D eigenvalue weighted by Crippen LogP contribution is -2.39. The quantitative estimate of drug-likeness (QED) is 0.621. The molecule has 1 amide bonds. The minimum atomic E-state index is -4.76. The number of fused-ring (bicyclic) bond motifs is 1. The van der Waals surface area contributed by atoms with E-state index < -0.39 is 6.36 Å². The summed E-state index contributed by atoms with van der Waals surface area (Å²) in [4.78, 5) is 12.7. The molecule has 1 unspecified atom stereocenters. The summed E-state index contributed by atoms with van der Waals surface area (Å²) < 4.78 is 40.8. The standard InChI is InChI=1S/C23H22F3N3O2/c1-13-21(14(2)29-28-13)19-5-3-4-15-6-9-17(12-20(15)19)27-22(30)16-7-10-18(11-8-16)31-23(24,25)26/h3-5,7-8,10-11,17H,6,9,12H2,1-2H3,(H,27,30)(H,28,29). The Labute approximate surface area is 177 Å². The summed E-state index contributed by atoms with van der Waals surface area (Å²) in [7, 11) is 0. The van der Waals surface area contributed by atoms with Gasteiger partial charge in [0.15, 0.2) is 0 Å².